The highest BCUT2D eigenvalue weighted by molar-refractivity contribution is 7.20. The number of carbonyl (C=O) groups excluding carboxylic acids is 1. The highest BCUT2D eigenvalue weighted by atomic mass is 32.1. The number of benzene rings is 1. The minimum atomic E-state index is -0.376. The van der Waals surface area contributed by atoms with E-state index < -0.39 is 0 Å². The van der Waals surface area contributed by atoms with Crippen molar-refractivity contribution < 1.29 is 18.7 Å². The number of unbranched alkanes of at least 4 members (excludes halogenated alkanes) is 1. The van der Waals surface area contributed by atoms with E-state index in [1.807, 2.05) is 21.0 Å². The van der Waals surface area contributed by atoms with Crippen LogP contribution in [0.25, 0.3) is 10.2 Å². The number of Topliss-reactive ketones (excluding diaryl/α,β-unsaturated/α-hetero) is 1. The number of nitrogens with one attached hydrogen (secondary N) is 1. The van der Waals surface area contributed by atoms with Gasteiger partial charge >= 0.3 is 0 Å². The van der Waals surface area contributed by atoms with Crippen molar-refractivity contribution in [2.75, 3.05) is 39.2 Å². The Balaban J connectivity index is 1.56. The van der Waals surface area contributed by atoms with Crippen LogP contribution >= 0.6 is 11.3 Å². The largest absolute Gasteiger partial charge is 0.486 e. The molecule has 182 valence electrons. The molecule has 34 heavy (non-hydrogen) atoms. The normalized spacial score (nSPS) is 16.2. The van der Waals surface area contributed by atoms with Gasteiger partial charge in [0.05, 0.1) is 22.6 Å². The number of anilines is 2. The summed E-state index contributed by atoms with van der Waals surface area (Å²) in [6, 6.07) is 4.40. The summed E-state index contributed by atoms with van der Waals surface area (Å²) in [5, 5.41) is 4.10. The summed E-state index contributed by atoms with van der Waals surface area (Å²) in [5.41, 5.74) is 1.47. The van der Waals surface area contributed by atoms with Crippen LogP contribution in [0.2, 0.25) is 0 Å². The second-order valence-corrected chi connectivity index (χ2v) is 9.86. The van der Waals surface area contributed by atoms with Gasteiger partial charge in [0, 0.05) is 19.1 Å². The van der Waals surface area contributed by atoms with E-state index in [2.05, 4.69) is 20.2 Å². The number of nitrogens with zero attached hydrogens (tertiary/aromatic N) is 3. The zero-order chi connectivity index (χ0) is 24.1. The van der Waals surface area contributed by atoms with Crippen LogP contribution < -0.4 is 10.1 Å². The number of halogens is 1. The van der Waals surface area contributed by atoms with Crippen LogP contribution in [0.5, 0.6) is 5.75 Å². The molecule has 1 saturated heterocycles. The molecule has 2 aromatic heterocycles. The molecular formula is C25H31FN4O3S. The van der Waals surface area contributed by atoms with Crippen molar-refractivity contribution in [3.8, 4) is 5.75 Å². The summed E-state index contributed by atoms with van der Waals surface area (Å²) in [4.78, 5) is 25.3. The van der Waals surface area contributed by atoms with Crippen LogP contribution in [0.15, 0.2) is 24.5 Å². The average molecular weight is 487 g/mol. The van der Waals surface area contributed by atoms with Gasteiger partial charge in [-0.15, -0.1) is 11.3 Å². The molecule has 7 nitrogen and oxygen atoms in total. The standard InChI is InChI=1S/C25H31FN4O3S/c1-16-22-24(27-15-28-25(22)34-23(16)20(31)8-4-5-11-30(2)3)29-19-10-9-17(26)13-21(19)33-18-7-6-12-32-14-18/h9-10,13,15,18H,4-8,11-12,14H2,1-3H3,(H,27,28,29)/t18-/m1/s1. The van der Waals surface area contributed by atoms with Crippen molar-refractivity contribution in [1.29, 1.82) is 0 Å². The number of thiophene rings is 1. The van der Waals surface area contributed by atoms with E-state index in [9.17, 15) is 9.18 Å². The molecule has 0 bridgehead atoms. The number of aryl methyl sites for hydroxylation is 1. The van der Waals surface area contributed by atoms with Gasteiger partial charge in [-0.05, 0) is 70.9 Å². The molecule has 1 N–H and O–H groups in total. The van der Waals surface area contributed by atoms with Crippen molar-refractivity contribution in [2.24, 2.45) is 0 Å². The number of ether oxygens (including phenoxy) is 2. The first-order chi connectivity index (χ1) is 16.4. The Hall–Kier alpha value is -2.62. The molecule has 9 heteroatoms. The number of fused-ring (bicyclic) bond motifs is 1. The van der Waals surface area contributed by atoms with Gasteiger partial charge in [0.2, 0.25) is 0 Å². The zero-order valence-corrected chi connectivity index (χ0v) is 20.7. The molecule has 0 unspecified atom stereocenters. The average Bonchev–Trinajstić information content (AvgIpc) is 3.16. The molecule has 1 aromatic carbocycles. The molecule has 0 spiro atoms. The van der Waals surface area contributed by atoms with Crippen LogP contribution in [0.1, 0.15) is 47.3 Å². The van der Waals surface area contributed by atoms with Gasteiger partial charge in [0.15, 0.2) is 5.78 Å². The molecule has 1 fully saturated rings. The number of hydrogen-bond acceptors (Lipinski definition) is 8. The monoisotopic (exact) mass is 486 g/mol. The maximum Gasteiger partial charge on any atom is 0.173 e. The third kappa shape index (κ3) is 5.89. The zero-order valence-electron chi connectivity index (χ0n) is 19.9. The summed E-state index contributed by atoms with van der Waals surface area (Å²) in [5.74, 6) is 0.737. The Morgan fingerprint density at radius 3 is 2.94 bits per heavy atom. The fourth-order valence-corrected chi connectivity index (χ4v) is 5.18. The third-order valence-corrected chi connectivity index (χ3v) is 7.09. The first-order valence-corrected chi connectivity index (χ1v) is 12.5. The molecular weight excluding hydrogens is 455 g/mol. The highest BCUT2D eigenvalue weighted by Crippen LogP contribution is 2.37. The van der Waals surface area contributed by atoms with Gasteiger partial charge in [-0.1, -0.05) is 0 Å². The van der Waals surface area contributed by atoms with Crippen molar-refractivity contribution in [1.82, 2.24) is 14.9 Å². The van der Waals surface area contributed by atoms with Gasteiger partial charge in [0.1, 0.15) is 34.6 Å². The van der Waals surface area contributed by atoms with Crippen molar-refractivity contribution in [3.05, 3.63) is 40.8 Å². The summed E-state index contributed by atoms with van der Waals surface area (Å²) in [7, 11) is 4.07. The van der Waals surface area contributed by atoms with Crippen molar-refractivity contribution in [2.45, 2.75) is 45.1 Å². The van der Waals surface area contributed by atoms with Gasteiger partial charge in [-0.2, -0.15) is 0 Å². The smallest absolute Gasteiger partial charge is 0.173 e. The molecule has 0 radical (unpaired) electrons. The molecule has 3 heterocycles. The Kier molecular flexibility index (Phi) is 8.07. The Morgan fingerprint density at radius 1 is 1.32 bits per heavy atom. The van der Waals surface area contributed by atoms with E-state index in [4.69, 9.17) is 9.47 Å². The Labute approximate surface area is 203 Å². The molecule has 4 rings (SSSR count). The minimum Gasteiger partial charge on any atom is -0.486 e. The number of aromatic nitrogens is 2. The Morgan fingerprint density at radius 2 is 2.18 bits per heavy atom. The fraction of sp³-hybridized carbons (Fsp3) is 0.480. The van der Waals surface area contributed by atoms with Crippen molar-refractivity contribution in [3.63, 3.8) is 0 Å². The van der Waals surface area contributed by atoms with E-state index in [1.165, 1.54) is 29.8 Å². The summed E-state index contributed by atoms with van der Waals surface area (Å²) in [6.07, 6.45) is 5.47. The van der Waals surface area contributed by atoms with E-state index in [-0.39, 0.29) is 17.7 Å². The van der Waals surface area contributed by atoms with Gasteiger partial charge in [0.25, 0.3) is 0 Å². The van der Waals surface area contributed by atoms with Crippen molar-refractivity contribution >= 4 is 38.8 Å². The number of rotatable bonds is 10. The second kappa shape index (κ2) is 11.2. The highest BCUT2D eigenvalue weighted by Gasteiger charge is 2.21. The number of hydrogen-bond donors (Lipinski definition) is 1. The molecule has 0 aliphatic carbocycles. The Bertz CT molecular complexity index is 1140. The lowest BCUT2D eigenvalue weighted by Crippen LogP contribution is -2.28. The molecule has 1 atom stereocenters. The fourth-order valence-electron chi connectivity index (χ4n) is 4.07. The molecule has 3 aromatic rings. The van der Waals surface area contributed by atoms with Crippen LogP contribution in [0, 0.1) is 12.7 Å². The topological polar surface area (TPSA) is 76.6 Å². The molecule has 1 aliphatic heterocycles. The summed E-state index contributed by atoms with van der Waals surface area (Å²) < 4.78 is 25.6. The molecule has 1 aliphatic rings. The van der Waals surface area contributed by atoms with Gasteiger partial charge in [-0.25, -0.2) is 14.4 Å². The maximum absolute atomic E-state index is 14.0. The number of ketones is 1. The second-order valence-electron chi connectivity index (χ2n) is 8.86. The van der Waals surface area contributed by atoms with E-state index >= 15 is 0 Å². The number of carbonyl (C=O) groups is 1. The first-order valence-electron chi connectivity index (χ1n) is 11.7. The van der Waals surface area contributed by atoms with Gasteiger partial charge < -0.3 is 19.7 Å². The molecule has 0 amide bonds. The quantitative estimate of drug-likeness (QED) is 0.306. The predicted molar refractivity (Wildman–Crippen MR) is 133 cm³/mol. The first kappa shape index (κ1) is 24.5. The summed E-state index contributed by atoms with van der Waals surface area (Å²) in [6.45, 7) is 4.10. The van der Waals surface area contributed by atoms with Gasteiger partial charge in [-0.3, -0.25) is 4.79 Å². The van der Waals surface area contributed by atoms with Crippen LogP contribution in [0.4, 0.5) is 15.9 Å². The van der Waals surface area contributed by atoms with Crippen LogP contribution in [0.3, 0.4) is 0 Å². The minimum absolute atomic E-state index is 0.124. The molecule has 0 saturated carbocycles. The van der Waals surface area contributed by atoms with E-state index in [0.29, 0.717) is 30.3 Å². The van der Waals surface area contributed by atoms with E-state index in [0.717, 1.165) is 59.5 Å². The lowest BCUT2D eigenvalue weighted by atomic mass is 10.1. The summed E-state index contributed by atoms with van der Waals surface area (Å²) >= 11 is 1.40. The van der Waals surface area contributed by atoms with E-state index in [1.54, 1.807) is 6.07 Å². The lowest BCUT2D eigenvalue weighted by Gasteiger charge is -2.24. The SMILES string of the molecule is Cc1c(C(=O)CCCCN(C)C)sc2ncnc(Nc3ccc(F)cc3O[C@@H]3CCCOC3)c12. The maximum atomic E-state index is 14.0. The third-order valence-electron chi connectivity index (χ3n) is 5.85. The van der Waals surface area contributed by atoms with Crippen LogP contribution in [-0.2, 0) is 4.74 Å². The predicted octanol–water partition coefficient (Wildman–Crippen LogP) is 5.35. The lowest BCUT2D eigenvalue weighted by molar-refractivity contribution is 0.00763. The van der Waals surface area contributed by atoms with Crippen LogP contribution in [-0.4, -0.2) is 60.6 Å².